The van der Waals surface area contributed by atoms with Gasteiger partial charge in [-0.25, -0.2) is 12.8 Å². The van der Waals surface area contributed by atoms with Crippen molar-refractivity contribution in [2.45, 2.75) is 36.7 Å². The first-order valence-electron chi connectivity index (χ1n) is 8.60. The smallest absolute Gasteiger partial charge is 0.175 e. The molecule has 138 valence electrons. The van der Waals surface area contributed by atoms with Gasteiger partial charge in [-0.1, -0.05) is 5.16 Å². The van der Waals surface area contributed by atoms with E-state index in [4.69, 9.17) is 4.84 Å². The normalized spacial score (nSPS) is 21.5. The van der Waals surface area contributed by atoms with Gasteiger partial charge in [0.15, 0.2) is 9.84 Å². The van der Waals surface area contributed by atoms with E-state index < -0.39 is 15.7 Å². The fourth-order valence-corrected chi connectivity index (χ4v) is 3.79. The first-order valence-corrected chi connectivity index (χ1v) is 10.5. The Balaban J connectivity index is 1.68. The van der Waals surface area contributed by atoms with E-state index in [0.717, 1.165) is 56.8 Å². The fourth-order valence-electron chi connectivity index (χ4n) is 3.16. The van der Waals surface area contributed by atoms with Crippen molar-refractivity contribution in [2.24, 2.45) is 5.16 Å². The number of nitrogens with one attached hydrogen (secondary N) is 1. The lowest BCUT2D eigenvalue weighted by Gasteiger charge is -2.30. The third-order valence-corrected chi connectivity index (χ3v) is 5.68. The highest BCUT2D eigenvalue weighted by atomic mass is 32.2. The minimum atomic E-state index is -3.41. The highest BCUT2D eigenvalue weighted by molar-refractivity contribution is 7.90. The van der Waals surface area contributed by atoms with Crippen molar-refractivity contribution < 1.29 is 17.6 Å². The summed E-state index contributed by atoms with van der Waals surface area (Å²) in [4.78, 5) is 7.53. The zero-order valence-electron chi connectivity index (χ0n) is 14.4. The molecule has 0 saturated carbocycles. The summed E-state index contributed by atoms with van der Waals surface area (Å²) in [6.45, 7) is 3.10. The number of anilines is 1. The number of rotatable bonds is 4. The molecular formula is C17H24FN3O3S. The van der Waals surface area contributed by atoms with Gasteiger partial charge in [0.1, 0.15) is 11.9 Å². The lowest BCUT2D eigenvalue weighted by molar-refractivity contribution is 0.0369. The molecule has 2 heterocycles. The van der Waals surface area contributed by atoms with Crippen LogP contribution < -0.4 is 10.2 Å². The van der Waals surface area contributed by atoms with Crippen molar-refractivity contribution in [3.8, 4) is 0 Å². The maximum atomic E-state index is 14.4. The molecule has 8 heteroatoms. The summed E-state index contributed by atoms with van der Waals surface area (Å²) in [5.74, 6) is -0.525. The van der Waals surface area contributed by atoms with Gasteiger partial charge in [0.2, 0.25) is 0 Å². The number of hydrogen-bond donors (Lipinski definition) is 1. The molecule has 6 nitrogen and oxygen atoms in total. The van der Waals surface area contributed by atoms with Gasteiger partial charge in [-0.05, 0) is 57.0 Å². The Kier molecular flexibility index (Phi) is 5.58. The maximum Gasteiger partial charge on any atom is 0.175 e. The zero-order valence-corrected chi connectivity index (χ0v) is 15.2. The third-order valence-electron chi connectivity index (χ3n) is 4.57. The number of sulfone groups is 1. The summed E-state index contributed by atoms with van der Waals surface area (Å²) in [7, 11) is -3.41. The number of benzene rings is 1. The summed E-state index contributed by atoms with van der Waals surface area (Å²) in [5.41, 5.74) is 1.30. The number of piperidine rings is 2. The van der Waals surface area contributed by atoms with Crippen molar-refractivity contribution in [1.29, 1.82) is 0 Å². The number of oxime groups is 1. The topological polar surface area (TPSA) is 71.0 Å². The summed E-state index contributed by atoms with van der Waals surface area (Å²) in [6, 6.07) is 4.06. The molecule has 2 aliphatic heterocycles. The van der Waals surface area contributed by atoms with Crippen LogP contribution in [0.2, 0.25) is 0 Å². The number of hydrogen-bond acceptors (Lipinski definition) is 6. The second kappa shape index (κ2) is 7.70. The zero-order chi connectivity index (χ0) is 17.9. The molecule has 2 fully saturated rings. The molecule has 1 aromatic rings. The van der Waals surface area contributed by atoms with Crippen LogP contribution in [0.25, 0.3) is 0 Å². The van der Waals surface area contributed by atoms with Gasteiger partial charge in [-0.3, -0.25) is 0 Å². The molecule has 0 atom stereocenters. The molecule has 2 aliphatic rings. The average Bonchev–Trinajstić information content (AvgIpc) is 2.60. The van der Waals surface area contributed by atoms with Crippen molar-refractivity contribution in [3.63, 3.8) is 0 Å². The predicted molar refractivity (Wildman–Crippen MR) is 95.4 cm³/mol. The van der Waals surface area contributed by atoms with E-state index in [1.54, 1.807) is 0 Å². The van der Waals surface area contributed by atoms with E-state index >= 15 is 0 Å². The summed E-state index contributed by atoms with van der Waals surface area (Å²) in [6.07, 6.45) is 4.82. The fraction of sp³-hybridized carbons (Fsp3) is 0.588. The average molecular weight is 369 g/mol. The van der Waals surface area contributed by atoms with Crippen LogP contribution in [0.1, 0.15) is 25.7 Å². The molecule has 2 saturated heterocycles. The van der Waals surface area contributed by atoms with E-state index in [1.165, 1.54) is 12.1 Å². The van der Waals surface area contributed by atoms with Crippen LogP contribution in [0.5, 0.6) is 0 Å². The van der Waals surface area contributed by atoms with Gasteiger partial charge in [0.05, 0.1) is 22.8 Å². The van der Waals surface area contributed by atoms with Gasteiger partial charge in [-0.2, -0.15) is 0 Å². The Morgan fingerprint density at radius 1 is 1.32 bits per heavy atom. The van der Waals surface area contributed by atoms with Crippen LogP contribution >= 0.6 is 0 Å². The predicted octanol–water partition coefficient (Wildman–Crippen LogP) is 1.95. The van der Waals surface area contributed by atoms with Crippen LogP contribution in [0, 0.1) is 5.82 Å². The molecule has 0 spiro atoms. The van der Waals surface area contributed by atoms with Crippen LogP contribution in [0.4, 0.5) is 10.1 Å². The first kappa shape index (κ1) is 18.1. The van der Waals surface area contributed by atoms with E-state index in [2.05, 4.69) is 10.5 Å². The second-order valence-electron chi connectivity index (χ2n) is 6.62. The number of nitrogens with zero attached hydrogens (tertiary/aromatic N) is 2. The van der Waals surface area contributed by atoms with Crippen LogP contribution in [-0.2, 0) is 14.7 Å². The molecule has 0 aliphatic carbocycles. The molecule has 25 heavy (non-hydrogen) atoms. The van der Waals surface area contributed by atoms with Crippen LogP contribution in [0.3, 0.4) is 0 Å². The lowest BCUT2D eigenvalue weighted by Crippen LogP contribution is -2.37. The van der Waals surface area contributed by atoms with Gasteiger partial charge < -0.3 is 15.1 Å². The van der Waals surface area contributed by atoms with Crippen LogP contribution in [-0.4, -0.2) is 52.7 Å². The van der Waals surface area contributed by atoms with Gasteiger partial charge in [0, 0.05) is 12.8 Å². The standard InChI is InChI=1S/C17H24FN3O3S/c1-25(22,23)15-4-5-17(16(18)11-15)21-10-2-3-13(12-21)20-24-14-6-8-19-9-7-14/h4-5,11,14,19H,2-3,6-10,12H2,1H3/b20-13-. The summed E-state index contributed by atoms with van der Waals surface area (Å²) in [5, 5.41) is 7.58. The highest BCUT2D eigenvalue weighted by Gasteiger charge is 2.21. The number of halogens is 1. The maximum absolute atomic E-state index is 14.4. The third kappa shape index (κ3) is 4.70. The molecule has 0 unspecified atom stereocenters. The lowest BCUT2D eigenvalue weighted by atomic mass is 10.1. The van der Waals surface area contributed by atoms with Crippen molar-refractivity contribution in [2.75, 3.05) is 37.3 Å². The SMILES string of the molecule is CS(=O)(=O)c1ccc(N2CCC/C(=N/OC3CCNCC3)C2)c(F)c1. The second-order valence-corrected chi connectivity index (χ2v) is 8.64. The Morgan fingerprint density at radius 3 is 2.76 bits per heavy atom. The molecule has 0 bridgehead atoms. The van der Waals surface area contributed by atoms with Gasteiger partial charge in [-0.15, -0.1) is 0 Å². The van der Waals surface area contributed by atoms with Crippen LogP contribution in [0.15, 0.2) is 28.3 Å². The molecule has 1 N–H and O–H groups in total. The Bertz CT molecular complexity index is 746. The minimum absolute atomic E-state index is 0.00566. The Morgan fingerprint density at radius 2 is 2.08 bits per heavy atom. The van der Waals surface area contributed by atoms with E-state index in [1.807, 2.05) is 4.90 Å². The van der Waals surface area contributed by atoms with E-state index in [0.29, 0.717) is 18.8 Å². The molecule has 0 amide bonds. The van der Waals surface area contributed by atoms with Crippen molar-refractivity contribution >= 4 is 21.2 Å². The first-order chi connectivity index (χ1) is 11.9. The summed E-state index contributed by atoms with van der Waals surface area (Å²) < 4.78 is 37.5. The van der Waals surface area contributed by atoms with E-state index in [9.17, 15) is 12.8 Å². The quantitative estimate of drug-likeness (QED) is 0.822. The van der Waals surface area contributed by atoms with Gasteiger partial charge in [0.25, 0.3) is 0 Å². The molecule has 0 radical (unpaired) electrons. The molecule has 3 rings (SSSR count). The highest BCUT2D eigenvalue weighted by Crippen LogP contribution is 2.25. The Labute approximate surface area is 147 Å². The molecule has 1 aromatic carbocycles. The minimum Gasteiger partial charge on any atom is -0.392 e. The molecular weight excluding hydrogens is 345 g/mol. The Hall–Kier alpha value is -1.67. The van der Waals surface area contributed by atoms with E-state index in [-0.39, 0.29) is 11.0 Å². The van der Waals surface area contributed by atoms with Crippen molar-refractivity contribution in [3.05, 3.63) is 24.0 Å². The monoisotopic (exact) mass is 369 g/mol. The van der Waals surface area contributed by atoms with Crippen molar-refractivity contribution in [1.82, 2.24) is 5.32 Å². The largest absolute Gasteiger partial charge is 0.392 e. The summed E-state index contributed by atoms with van der Waals surface area (Å²) >= 11 is 0. The molecule has 0 aromatic heterocycles. The van der Waals surface area contributed by atoms with Gasteiger partial charge >= 0.3 is 0 Å².